The summed E-state index contributed by atoms with van der Waals surface area (Å²) in [4.78, 5) is 9.28. The fourth-order valence-electron chi connectivity index (χ4n) is 3.52. The van der Waals surface area contributed by atoms with Crippen LogP contribution in [0, 0.1) is 0 Å². The van der Waals surface area contributed by atoms with Gasteiger partial charge in [0, 0.05) is 31.0 Å². The first-order chi connectivity index (χ1) is 13.4. The molecule has 1 N–H and O–H groups in total. The fourth-order valence-corrected chi connectivity index (χ4v) is 3.52. The molecule has 1 aliphatic heterocycles. The molecule has 3 aromatic heterocycles. The zero-order valence-electron chi connectivity index (χ0n) is 15.2. The summed E-state index contributed by atoms with van der Waals surface area (Å²) < 4.78 is 13.9. The topological polar surface area (TPSA) is 74.1 Å². The summed E-state index contributed by atoms with van der Waals surface area (Å²) in [7, 11) is 0. The molecule has 0 bridgehead atoms. The monoisotopic (exact) mass is 365 g/mol. The molecule has 1 saturated heterocycles. The van der Waals surface area contributed by atoms with Crippen LogP contribution in [-0.4, -0.2) is 52.2 Å². The summed E-state index contributed by atoms with van der Waals surface area (Å²) in [5, 5.41) is 8.77. The summed E-state index contributed by atoms with van der Waals surface area (Å²) in [5.41, 5.74) is 2.70. The van der Waals surface area contributed by atoms with Crippen LogP contribution in [0.1, 0.15) is 25.3 Å². The summed E-state index contributed by atoms with van der Waals surface area (Å²) in [6.45, 7) is 2.87. The molecule has 0 spiro atoms. The number of nitrogens with one attached hydrogen (secondary N) is 1. The molecule has 140 valence electrons. The third-order valence-electron chi connectivity index (χ3n) is 5.32. The van der Waals surface area contributed by atoms with E-state index in [1.54, 1.807) is 6.20 Å². The normalized spacial score (nSPS) is 20.5. The van der Waals surface area contributed by atoms with Gasteiger partial charge in [-0.3, -0.25) is 9.67 Å². The Morgan fingerprint density at radius 2 is 2.30 bits per heavy atom. The molecule has 7 nitrogen and oxygen atoms in total. The quantitative estimate of drug-likeness (QED) is 0.749. The van der Waals surface area contributed by atoms with E-state index in [-0.39, 0.29) is 6.10 Å². The summed E-state index contributed by atoms with van der Waals surface area (Å²) in [6.07, 6.45) is 9.49. The van der Waals surface area contributed by atoms with Crippen molar-refractivity contribution < 1.29 is 9.47 Å². The van der Waals surface area contributed by atoms with Crippen LogP contribution in [0.15, 0.2) is 36.8 Å². The Kier molecular flexibility index (Phi) is 4.47. The number of nitrogens with zero attached hydrogens (tertiary/aromatic N) is 4. The van der Waals surface area contributed by atoms with E-state index in [9.17, 15) is 0 Å². The molecule has 1 aliphatic carbocycles. The molecule has 1 saturated carbocycles. The number of hydrogen-bond acceptors (Lipinski definition) is 6. The molecule has 0 unspecified atom stereocenters. The number of hydrogen-bond donors (Lipinski definition) is 1. The minimum absolute atomic E-state index is 0.0392. The minimum Gasteiger partial charge on any atom is -0.474 e. The van der Waals surface area contributed by atoms with Crippen LogP contribution in [0.3, 0.4) is 0 Å². The average Bonchev–Trinajstić information content (AvgIpc) is 3.15. The molecule has 3 aromatic rings. The maximum absolute atomic E-state index is 6.06. The summed E-state index contributed by atoms with van der Waals surface area (Å²) in [6, 6.07) is 6.43. The van der Waals surface area contributed by atoms with E-state index in [0.717, 1.165) is 35.2 Å². The number of aromatic nitrogens is 4. The zero-order chi connectivity index (χ0) is 18.1. The van der Waals surface area contributed by atoms with Gasteiger partial charge in [0.05, 0.1) is 35.4 Å². The third-order valence-corrected chi connectivity index (χ3v) is 5.32. The predicted octanol–water partition coefficient (Wildman–Crippen LogP) is 2.59. The highest BCUT2D eigenvalue weighted by atomic mass is 16.5. The first-order valence-electron chi connectivity index (χ1n) is 9.62. The zero-order valence-corrected chi connectivity index (χ0v) is 15.2. The lowest BCUT2D eigenvalue weighted by molar-refractivity contribution is -0.000365. The van der Waals surface area contributed by atoms with Crippen LogP contribution in [0.25, 0.3) is 22.2 Å². The number of rotatable bonds is 5. The van der Waals surface area contributed by atoms with Gasteiger partial charge in [0.1, 0.15) is 12.7 Å². The lowest BCUT2D eigenvalue weighted by atomic mass is 9.93. The van der Waals surface area contributed by atoms with Crippen LogP contribution in [0.5, 0.6) is 5.88 Å². The smallest absolute Gasteiger partial charge is 0.223 e. The number of pyridine rings is 2. The van der Waals surface area contributed by atoms with Gasteiger partial charge in [-0.1, -0.05) is 0 Å². The van der Waals surface area contributed by atoms with Crippen molar-refractivity contribution in [2.45, 2.75) is 31.4 Å². The van der Waals surface area contributed by atoms with Gasteiger partial charge in [-0.25, -0.2) is 4.98 Å². The molecule has 4 heterocycles. The van der Waals surface area contributed by atoms with Crippen molar-refractivity contribution in [2.75, 3.05) is 26.3 Å². The Morgan fingerprint density at radius 1 is 1.33 bits per heavy atom. The van der Waals surface area contributed by atoms with Gasteiger partial charge in [-0.05, 0) is 37.5 Å². The van der Waals surface area contributed by atoms with Crippen molar-refractivity contribution in [3.8, 4) is 17.1 Å². The highest BCUT2D eigenvalue weighted by Gasteiger charge is 2.21. The second-order valence-corrected chi connectivity index (χ2v) is 7.18. The minimum atomic E-state index is 0.0392. The van der Waals surface area contributed by atoms with Crippen LogP contribution in [0.2, 0.25) is 0 Å². The van der Waals surface area contributed by atoms with Gasteiger partial charge in [-0.15, -0.1) is 0 Å². The maximum atomic E-state index is 6.06. The molecule has 2 aliphatic rings. The van der Waals surface area contributed by atoms with Crippen LogP contribution in [0.4, 0.5) is 0 Å². The Labute approximate surface area is 157 Å². The van der Waals surface area contributed by atoms with Crippen LogP contribution < -0.4 is 10.1 Å². The van der Waals surface area contributed by atoms with E-state index >= 15 is 0 Å². The third kappa shape index (κ3) is 3.40. The van der Waals surface area contributed by atoms with Crippen molar-refractivity contribution in [3.05, 3.63) is 36.8 Å². The standard InChI is InChI=1S/C20H23N5O2/c1-3-15(4-1)25-12-14(10-23-25)18-9-19-17(5-2-6-22-19)20(24-18)27-13-16-11-21-7-8-26-16/h2,5-6,9-10,12,15-16,21H,1,3-4,7-8,11,13H2/t16-/m0/s1. The average molecular weight is 365 g/mol. The highest BCUT2D eigenvalue weighted by molar-refractivity contribution is 5.86. The second kappa shape index (κ2) is 7.25. The SMILES string of the molecule is c1cnc2cc(-c3cnn(C4CCC4)c3)nc(OC[C@@H]3CNCCO3)c2c1. The number of ether oxygens (including phenoxy) is 2. The molecular weight excluding hydrogens is 342 g/mol. The van der Waals surface area contributed by atoms with Crippen LogP contribution in [-0.2, 0) is 4.74 Å². The van der Waals surface area contributed by atoms with Gasteiger partial charge < -0.3 is 14.8 Å². The lowest BCUT2D eigenvalue weighted by Crippen LogP contribution is -2.41. The maximum Gasteiger partial charge on any atom is 0.223 e. The van der Waals surface area contributed by atoms with Crippen molar-refractivity contribution in [2.24, 2.45) is 0 Å². The molecule has 0 aromatic carbocycles. The van der Waals surface area contributed by atoms with Crippen LogP contribution >= 0.6 is 0 Å². The van der Waals surface area contributed by atoms with Gasteiger partial charge >= 0.3 is 0 Å². The van der Waals surface area contributed by atoms with Gasteiger partial charge in [-0.2, -0.15) is 5.10 Å². The molecule has 27 heavy (non-hydrogen) atoms. The Balaban J connectivity index is 1.44. The van der Waals surface area contributed by atoms with E-state index in [2.05, 4.69) is 26.3 Å². The summed E-state index contributed by atoms with van der Waals surface area (Å²) >= 11 is 0. The number of morpholine rings is 1. The molecule has 0 radical (unpaired) electrons. The molecule has 5 rings (SSSR count). The highest BCUT2D eigenvalue weighted by Crippen LogP contribution is 2.33. The largest absolute Gasteiger partial charge is 0.474 e. The summed E-state index contributed by atoms with van der Waals surface area (Å²) in [5.74, 6) is 0.598. The van der Waals surface area contributed by atoms with Crippen molar-refractivity contribution >= 4 is 10.9 Å². The van der Waals surface area contributed by atoms with Gasteiger partial charge in [0.25, 0.3) is 0 Å². The van der Waals surface area contributed by atoms with E-state index < -0.39 is 0 Å². The Bertz CT molecular complexity index is 931. The first kappa shape index (κ1) is 16.6. The Hall–Kier alpha value is -2.51. The van der Waals surface area contributed by atoms with Gasteiger partial charge in [0.15, 0.2) is 0 Å². The van der Waals surface area contributed by atoms with Crippen molar-refractivity contribution in [1.82, 2.24) is 25.1 Å². The van der Waals surface area contributed by atoms with Crippen molar-refractivity contribution in [3.63, 3.8) is 0 Å². The van der Waals surface area contributed by atoms with E-state index in [0.29, 0.717) is 25.1 Å². The van der Waals surface area contributed by atoms with Crippen molar-refractivity contribution in [1.29, 1.82) is 0 Å². The fraction of sp³-hybridized carbons (Fsp3) is 0.450. The Morgan fingerprint density at radius 3 is 3.11 bits per heavy atom. The molecule has 2 fully saturated rings. The first-order valence-corrected chi connectivity index (χ1v) is 9.62. The molecule has 1 atom stereocenters. The molecular formula is C20H23N5O2. The second-order valence-electron chi connectivity index (χ2n) is 7.18. The number of fused-ring (bicyclic) bond motifs is 1. The van der Waals surface area contributed by atoms with E-state index in [4.69, 9.17) is 14.5 Å². The molecule has 0 amide bonds. The molecule has 7 heteroatoms. The lowest BCUT2D eigenvalue weighted by Gasteiger charge is -2.25. The van der Waals surface area contributed by atoms with E-state index in [1.807, 2.05) is 24.4 Å². The predicted molar refractivity (Wildman–Crippen MR) is 102 cm³/mol. The van der Waals surface area contributed by atoms with Gasteiger partial charge in [0.2, 0.25) is 5.88 Å². The van der Waals surface area contributed by atoms with E-state index in [1.165, 1.54) is 19.3 Å².